The molecule has 0 radical (unpaired) electrons. The van der Waals surface area contributed by atoms with Crippen molar-refractivity contribution in [3.05, 3.63) is 18.2 Å². The van der Waals surface area contributed by atoms with Gasteiger partial charge in [-0.2, -0.15) is 0 Å². The van der Waals surface area contributed by atoms with Crippen LogP contribution in [0.15, 0.2) is 18.2 Å². The van der Waals surface area contributed by atoms with Crippen LogP contribution in [0.2, 0.25) is 0 Å². The summed E-state index contributed by atoms with van der Waals surface area (Å²) in [5.41, 5.74) is 14.1. The summed E-state index contributed by atoms with van der Waals surface area (Å²) in [7, 11) is 0. The topological polar surface area (TPSA) is 95.6 Å². The summed E-state index contributed by atoms with van der Waals surface area (Å²) in [6.07, 6.45) is 4.21. The molecule has 1 heterocycles. The Morgan fingerprint density at radius 1 is 1.10 bits per heavy atom. The van der Waals surface area contributed by atoms with Gasteiger partial charge in [0.25, 0.3) is 0 Å². The van der Waals surface area contributed by atoms with Crippen LogP contribution in [-0.2, 0) is 0 Å². The van der Waals surface area contributed by atoms with Crippen LogP contribution in [0.5, 0.6) is 0 Å². The van der Waals surface area contributed by atoms with E-state index in [-0.39, 0.29) is 0 Å². The van der Waals surface area contributed by atoms with Gasteiger partial charge in [-0.15, -0.1) is 5.10 Å². The Morgan fingerprint density at radius 2 is 1.86 bits per heavy atom. The second-order valence-electron chi connectivity index (χ2n) is 6.77. The van der Waals surface area contributed by atoms with Crippen molar-refractivity contribution in [2.75, 3.05) is 11.5 Å². The Kier molecular flexibility index (Phi) is 2.06. The van der Waals surface area contributed by atoms with Crippen LogP contribution >= 0.6 is 0 Å². The van der Waals surface area contributed by atoms with Crippen LogP contribution in [0.3, 0.4) is 0 Å². The third-order valence-electron chi connectivity index (χ3n) is 5.79. The summed E-state index contributed by atoms with van der Waals surface area (Å²) < 4.78 is 2.02. The van der Waals surface area contributed by atoms with Crippen LogP contribution in [0, 0.1) is 23.7 Å². The highest BCUT2D eigenvalue weighted by atomic mass is 15.6. The molecule has 21 heavy (non-hydrogen) atoms. The lowest BCUT2D eigenvalue weighted by Crippen LogP contribution is -2.09. The van der Waals surface area contributed by atoms with E-state index in [1.807, 2.05) is 16.8 Å². The molecule has 3 saturated carbocycles. The van der Waals surface area contributed by atoms with Gasteiger partial charge in [-0.3, -0.25) is 0 Å². The molecule has 6 nitrogen and oxygen atoms in total. The smallest absolute Gasteiger partial charge is 0.184 e. The van der Waals surface area contributed by atoms with E-state index in [2.05, 4.69) is 15.5 Å². The fraction of sp³-hybridized carbons (Fsp3) is 0.533. The average molecular weight is 282 g/mol. The number of benzene rings is 1. The maximum absolute atomic E-state index is 6.10. The van der Waals surface area contributed by atoms with E-state index in [0.717, 1.165) is 35.1 Å². The number of hydrogen-bond acceptors (Lipinski definition) is 5. The van der Waals surface area contributed by atoms with Crippen LogP contribution in [0.25, 0.3) is 11.4 Å². The van der Waals surface area contributed by atoms with Crippen molar-refractivity contribution in [2.45, 2.75) is 25.3 Å². The molecule has 1 aromatic carbocycles. The van der Waals surface area contributed by atoms with E-state index in [1.165, 1.54) is 19.3 Å². The van der Waals surface area contributed by atoms with Gasteiger partial charge in [0.2, 0.25) is 0 Å². The third kappa shape index (κ3) is 1.45. The second kappa shape index (κ2) is 3.75. The maximum Gasteiger partial charge on any atom is 0.184 e. The summed E-state index contributed by atoms with van der Waals surface area (Å²) >= 11 is 0. The monoisotopic (exact) mass is 282 g/mol. The molecule has 0 amide bonds. The summed E-state index contributed by atoms with van der Waals surface area (Å²) in [4.78, 5) is 0. The Hall–Kier alpha value is -2.11. The van der Waals surface area contributed by atoms with Crippen molar-refractivity contribution >= 4 is 11.4 Å². The standard InChI is InChI=1S/C15H18N6/c16-9-3-4-10(11(17)6-9)15-18-19-20-21(15)14-12-7-1-2-8(5-7)13(12)14/h3-4,6-8,12-14H,1-2,5,16-17H2. The summed E-state index contributed by atoms with van der Waals surface area (Å²) in [5.74, 6) is 4.16. The SMILES string of the molecule is Nc1ccc(-c2nnnn2C2C3C4CCC(C4)C32)c(N)c1. The number of hydrogen-bond donors (Lipinski definition) is 2. The van der Waals surface area contributed by atoms with E-state index in [1.54, 1.807) is 6.07 Å². The van der Waals surface area contributed by atoms with Gasteiger partial charge < -0.3 is 11.5 Å². The minimum atomic E-state index is 0.484. The van der Waals surface area contributed by atoms with E-state index in [4.69, 9.17) is 11.5 Å². The number of anilines is 2. The van der Waals surface area contributed by atoms with E-state index in [9.17, 15) is 0 Å². The molecule has 3 aliphatic rings. The van der Waals surface area contributed by atoms with Gasteiger partial charge in [-0.25, -0.2) is 4.68 Å². The largest absolute Gasteiger partial charge is 0.399 e. The Balaban J connectivity index is 1.55. The summed E-state index contributed by atoms with van der Waals surface area (Å²) in [6.45, 7) is 0. The third-order valence-corrected chi connectivity index (χ3v) is 5.79. The fourth-order valence-electron chi connectivity index (χ4n) is 4.96. The minimum absolute atomic E-state index is 0.484. The lowest BCUT2D eigenvalue weighted by molar-refractivity contribution is 0.427. The van der Waals surface area contributed by atoms with Crippen molar-refractivity contribution in [2.24, 2.45) is 23.7 Å². The molecule has 0 saturated heterocycles. The summed E-state index contributed by atoms with van der Waals surface area (Å²) in [6, 6.07) is 6.02. The molecule has 5 rings (SSSR count). The molecular weight excluding hydrogens is 264 g/mol. The molecule has 1 aromatic heterocycles. The zero-order chi connectivity index (χ0) is 14.1. The first-order valence-electron chi connectivity index (χ1n) is 7.67. The average Bonchev–Trinajstić information content (AvgIpc) is 2.88. The van der Waals surface area contributed by atoms with Crippen molar-refractivity contribution in [3.63, 3.8) is 0 Å². The summed E-state index contributed by atoms with van der Waals surface area (Å²) in [5, 5.41) is 12.4. The quantitative estimate of drug-likeness (QED) is 0.818. The van der Waals surface area contributed by atoms with Gasteiger partial charge in [0.05, 0.1) is 6.04 Å². The first kappa shape index (κ1) is 11.5. The number of aromatic nitrogens is 4. The number of rotatable bonds is 2. The maximum atomic E-state index is 6.10. The molecule has 3 aliphatic carbocycles. The lowest BCUT2D eigenvalue weighted by Gasteiger charge is -2.11. The van der Waals surface area contributed by atoms with Gasteiger partial charge in [-0.1, -0.05) is 0 Å². The first-order chi connectivity index (χ1) is 10.2. The van der Waals surface area contributed by atoms with Crippen LogP contribution < -0.4 is 11.5 Å². The number of fused-ring (bicyclic) bond motifs is 5. The van der Waals surface area contributed by atoms with Crippen molar-refractivity contribution in [3.8, 4) is 11.4 Å². The zero-order valence-electron chi connectivity index (χ0n) is 11.7. The van der Waals surface area contributed by atoms with Gasteiger partial charge in [0.1, 0.15) is 0 Å². The molecule has 4 unspecified atom stereocenters. The van der Waals surface area contributed by atoms with Gasteiger partial charge >= 0.3 is 0 Å². The van der Waals surface area contributed by atoms with Gasteiger partial charge in [0, 0.05) is 16.9 Å². The Labute approximate surface area is 122 Å². The van der Waals surface area contributed by atoms with Crippen LogP contribution in [-0.4, -0.2) is 20.2 Å². The molecule has 6 heteroatoms. The molecule has 3 fully saturated rings. The number of nitrogens with zero attached hydrogens (tertiary/aromatic N) is 4. The van der Waals surface area contributed by atoms with E-state index in [0.29, 0.717) is 17.4 Å². The number of nitrogens with two attached hydrogens (primary N) is 2. The van der Waals surface area contributed by atoms with Crippen molar-refractivity contribution in [1.82, 2.24) is 20.2 Å². The molecule has 0 spiro atoms. The Bertz CT molecular complexity index is 707. The molecule has 4 N–H and O–H groups in total. The second-order valence-corrected chi connectivity index (χ2v) is 6.77. The fourth-order valence-corrected chi connectivity index (χ4v) is 4.96. The highest BCUT2D eigenvalue weighted by Gasteiger charge is 2.66. The Morgan fingerprint density at radius 3 is 2.57 bits per heavy atom. The van der Waals surface area contributed by atoms with E-state index >= 15 is 0 Å². The molecular formula is C15H18N6. The highest BCUT2D eigenvalue weighted by molar-refractivity contribution is 5.74. The van der Waals surface area contributed by atoms with Gasteiger partial charge in [0.15, 0.2) is 5.82 Å². The molecule has 4 atom stereocenters. The number of tetrazole rings is 1. The van der Waals surface area contributed by atoms with Crippen LogP contribution in [0.4, 0.5) is 11.4 Å². The molecule has 2 bridgehead atoms. The number of nitrogen functional groups attached to an aromatic ring is 2. The lowest BCUT2D eigenvalue weighted by atomic mass is 10.0. The minimum Gasteiger partial charge on any atom is -0.399 e. The molecule has 0 aliphatic heterocycles. The van der Waals surface area contributed by atoms with Crippen LogP contribution in [0.1, 0.15) is 25.3 Å². The normalized spacial score (nSPS) is 35.9. The van der Waals surface area contributed by atoms with Gasteiger partial charge in [-0.05, 0) is 71.6 Å². The predicted octanol–water partition coefficient (Wildman–Crippen LogP) is 1.72. The molecule has 108 valence electrons. The first-order valence-corrected chi connectivity index (χ1v) is 7.67. The van der Waals surface area contributed by atoms with Crippen molar-refractivity contribution in [1.29, 1.82) is 0 Å². The zero-order valence-corrected chi connectivity index (χ0v) is 11.7. The highest BCUT2D eigenvalue weighted by Crippen LogP contribution is 2.71. The molecule has 2 aromatic rings. The van der Waals surface area contributed by atoms with E-state index < -0.39 is 0 Å². The van der Waals surface area contributed by atoms with Crippen molar-refractivity contribution < 1.29 is 0 Å². The predicted molar refractivity (Wildman–Crippen MR) is 78.9 cm³/mol.